The average molecular weight is 217 g/mol. The summed E-state index contributed by atoms with van der Waals surface area (Å²) >= 11 is 0. The highest BCUT2D eigenvalue weighted by Gasteiger charge is 2.17. The van der Waals surface area contributed by atoms with Crippen LogP contribution in [0, 0.1) is 0 Å². The SMILES string of the molecule is NC(CO)c1c2ccoc2cc2ccoc12. The molecule has 0 aliphatic heterocycles. The number of furan rings is 2. The van der Waals surface area contributed by atoms with Crippen molar-refractivity contribution < 1.29 is 13.9 Å². The molecule has 0 spiro atoms. The Morgan fingerprint density at radius 2 is 2.06 bits per heavy atom. The molecule has 3 rings (SSSR count). The highest BCUT2D eigenvalue weighted by molar-refractivity contribution is 5.98. The van der Waals surface area contributed by atoms with Gasteiger partial charge >= 0.3 is 0 Å². The maximum atomic E-state index is 9.18. The molecule has 1 atom stereocenters. The summed E-state index contributed by atoms with van der Waals surface area (Å²) in [6.45, 7) is -0.125. The zero-order valence-electron chi connectivity index (χ0n) is 8.51. The molecule has 0 radical (unpaired) electrons. The van der Waals surface area contributed by atoms with E-state index in [1.165, 1.54) is 0 Å². The number of fused-ring (bicyclic) bond motifs is 2. The van der Waals surface area contributed by atoms with Gasteiger partial charge in [0.2, 0.25) is 0 Å². The van der Waals surface area contributed by atoms with Crippen molar-refractivity contribution in [2.45, 2.75) is 6.04 Å². The van der Waals surface area contributed by atoms with Crippen molar-refractivity contribution in [1.82, 2.24) is 0 Å². The maximum absolute atomic E-state index is 9.18. The number of aliphatic hydroxyl groups is 1. The lowest BCUT2D eigenvalue weighted by molar-refractivity contribution is 0.268. The van der Waals surface area contributed by atoms with Crippen molar-refractivity contribution in [1.29, 1.82) is 0 Å². The van der Waals surface area contributed by atoms with E-state index in [9.17, 15) is 5.11 Å². The molecule has 0 amide bonds. The van der Waals surface area contributed by atoms with Gasteiger partial charge in [0.05, 0.1) is 25.2 Å². The van der Waals surface area contributed by atoms with Crippen LogP contribution in [0.2, 0.25) is 0 Å². The number of rotatable bonds is 2. The van der Waals surface area contributed by atoms with Crippen LogP contribution in [-0.2, 0) is 0 Å². The molecule has 2 heterocycles. The quantitative estimate of drug-likeness (QED) is 0.690. The molecule has 4 nitrogen and oxygen atoms in total. The van der Waals surface area contributed by atoms with Crippen LogP contribution in [0.3, 0.4) is 0 Å². The molecular weight excluding hydrogens is 206 g/mol. The Hall–Kier alpha value is -1.78. The Balaban J connectivity index is 2.46. The predicted octanol–water partition coefficient (Wildman–Crippen LogP) is 2.17. The minimum Gasteiger partial charge on any atom is -0.464 e. The number of hydrogen-bond acceptors (Lipinski definition) is 4. The summed E-state index contributed by atoms with van der Waals surface area (Å²) in [6.07, 6.45) is 3.22. The van der Waals surface area contributed by atoms with Gasteiger partial charge in [-0.25, -0.2) is 0 Å². The van der Waals surface area contributed by atoms with E-state index in [0.717, 1.165) is 27.5 Å². The predicted molar refractivity (Wildman–Crippen MR) is 60.0 cm³/mol. The minimum absolute atomic E-state index is 0.125. The van der Waals surface area contributed by atoms with Crippen LogP contribution >= 0.6 is 0 Å². The van der Waals surface area contributed by atoms with Crippen molar-refractivity contribution in [2.24, 2.45) is 5.73 Å². The number of hydrogen-bond donors (Lipinski definition) is 2. The van der Waals surface area contributed by atoms with Crippen LogP contribution < -0.4 is 5.73 Å². The first-order chi connectivity index (χ1) is 7.81. The summed E-state index contributed by atoms with van der Waals surface area (Å²) in [5.74, 6) is 0. The summed E-state index contributed by atoms with van der Waals surface area (Å²) < 4.78 is 10.8. The molecule has 0 aliphatic carbocycles. The normalized spacial score (nSPS) is 13.6. The molecule has 2 aromatic heterocycles. The minimum atomic E-state index is -0.463. The van der Waals surface area contributed by atoms with Crippen LogP contribution in [0.1, 0.15) is 11.6 Å². The molecule has 1 aromatic carbocycles. The van der Waals surface area contributed by atoms with Gasteiger partial charge in [0, 0.05) is 16.3 Å². The maximum Gasteiger partial charge on any atom is 0.139 e. The third-order valence-electron chi connectivity index (χ3n) is 2.78. The molecular formula is C12H11NO3. The van der Waals surface area contributed by atoms with E-state index in [-0.39, 0.29) is 6.61 Å². The molecule has 0 aliphatic rings. The monoisotopic (exact) mass is 217 g/mol. The van der Waals surface area contributed by atoms with Gasteiger partial charge in [0.25, 0.3) is 0 Å². The second kappa shape index (κ2) is 3.37. The molecule has 3 N–H and O–H groups in total. The van der Waals surface area contributed by atoms with E-state index in [2.05, 4.69) is 0 Å². The van der Waals surface area contributed by atoms with Crippen LogP contribution in [0.5, 0.6) is 0 Å². The summed E-state index contributed by atoms with van der Waals surface area (Å²) in [7, 11) is 0. The summed E-state index contributed by atoms with van der Waals surface area (Å²) in [4.78, 5) is 0. The summed E-state index contributed by atoms with van der Waals surface area (Å²) in [6, 6.07) is 5.13. The molecule has 0 bridgehead atoms. The fourth-order valence-corrected chi connectivity index (χ4v) is 2.03. The van der Waals surface area contributed by atoms with Gasteiger partial charge in [-0.1, -0.05) is 0 Å². The molecule has 3 aromatic rings. The van der Waals surface area contributed by atoms with E-state index < -0.39 is 6.04 Å². The van der Waals surface area contributed by atoms with Gasteiger partial charge in [-0.05, 0) is 18.2 Å². The van der Waals surface area contributed by atoms with E-state index in [0.29, 0.717) is 0 Å². The van der Waals surface area contributed by atoms with E-state index in [4.69, 9.17) is 14.6 Å². The number of aliphatic hydroxyl groups excluding tert-OH is 1. The summed E-state index contributed by atoms with van der Waals surface area (Å²) in [5.41, 5.74) is 8.17. The largest absolute Gasteiger partial charge is 0.464 e. The van der Waals surface area contributed by atoms with Crippen LogP contribution in [-0.4, -0.2) is 11.7 Å². The molecule has 0 saturated carbocycles. The topological polar surface area (TPSA) is 72.5 Å². The van der Waals surface area contributed by atoms with Gasteiger partial charge in [0.1, 0.15) is 11.2 Å². The second-order valence-electron chi connectivity index (χ2n) is 3.75. The van der Waals surface area contributed by atoms with Gasteiger partial charge in [-0.15, -0.1) is 0 Å². The standard InChI is InChI=1S/C12H11NO3/c13-9(6-14)11-8-2-4-15-10(8)5-7-1-3-16-12(7)11/h1-5,9,14H,6,13H2. The van der Waals surface area contributed by atoms with Crippen molar-refractivity contribution in [2.75, 3.05) is 6.61 Å². The fraction of sp³-hybridized carbons (Fsp3) is 0.167. The summed E-state index contributed by atoms with van der Waals surface area (Å²) in [5, 5.41) is 11.0. The van der Waals surface area contributed by atoms with Gasteiger partial charge in [-0.2, -0.15) is 0 Å². The van der Waals surface area contributed by atoms with Crippen molar-refractivity contribution >= 4 is 21.9 Å². The van der Waals surface area contributed by atoms with Gasteiger partial charge in [0.15, 0.2) is 0 Å². The lowest BCUT2D eigenvalue weighted by atomic mass is 10.0. The Labute approximate surface area is 91.2 Å². The molecule has 4 heteroatoms. The van der Waals surface area contributed by atoms with Gasteiger partial charge < -0.3 is 19.7 Å². The smallest absolute Gasteiger partial charge is 0.139 e. The molecule has 16 heavy (non-hydrogen) atoms. The molecule has 0 saturated heterocycles. The molecule has 0 fully saturated rings. The second-order valence-corrected chi connectivity index (χ2v) is 3.75. The zero-order valence-corrected chi connectivity index (χ0v) is 8.51. The van der Waals surface area contributed by atoms with Crippen LogP contribution in [0.4, 0.5) is 0 Å². The number of nitrogens with two attached hydrogens (primary N) is 1. The Bertz CT molecular complexity index is 589. The fourth-order valence-electron chi connectivity index (χ4n) is 2.03. The van der Waals surface area contributed by atoms with E-state index in [1.807, 2.05) is 18.2 Å². The number of benzene rings is 1. The van der Waals surface area contributed by atoms with Crippen molar-refractivity contribution in [3.05, 3.63) is 36.3 Å². The lowest BCUT2D eigenvalue weighted by Crippen LogP contribution is -2.14. The Morgan fingerprint density at radius 1 is 1.25 bits per heavy atom. The Kier molecular flexibility index (Phi) is 1.99. The van der Waals surface area contributed by atoms with Crippen molar-refractivity contribution in [3.8, 4) is 0 Å². The van der Waals surface area contributed by atoms with Gasteiger partial charge in [-0.3, -0.25) is 0 Å². The van der Waals surface area contributed by atoms with E-state index >= 15 is 0 Å². The highest BCUT2D eigenvalue weighted by atomic mass is 16.3. The lowest BCUT2D eigenvalue weighted by Gasteiger charge is -2.10. The third kappa shape index (κ3) is 1.17. The zero-order chi connectivity index (χ0) is 11.1. The average Bonchev–Trinajstić information content (AvgIpc) is 2.91. The first kappa shape index (κ1) is 9.45. The van der Waals surface area contributed by atoms with E-state index in [1.54, 1.807) is 12.5 Å². The molecule has 82 valence electrons. The van der Waals surface area contributed by atoms with Crippen molar-refractivity contribution in [3.63, 3.8) is 0 Å². The van der Waals surface area contributed by atoms with Crippen LogP contribution in [0.15, 0.2) is 39.6 Å². The first-order valence-electron chi connectivity index (χ1n) is 5.05. The molecule has 1 unspecified atom stereocenters. The highest BCUT2D eigenvalue weighted by Crippen LogP contribution is 2.33. The van der Waals surface area contributed by atoms with Crippen LogP contribution in [0.25, 0.3) is 21.9 Å². The first-order valence-corrected chi connectivity index (χ1v) is 5.05. The Morgan fingerprint density at radius 3 is 2.88 bits per heavy atom. The third-order valence-corrected chi connectivity index (χ3v) is 2.78.